The number of nitrogens with one attached hydrogen (secondary N) is 1. The average molecular weight is 459 g/mol. The number of carbonyl (C=O) groups is 1. The summed E-state index contributed by atoms with van der Waals surface area (Å²) in [6.45, 7) is 5.01. The van der Waals surface area contributed by atoms with E-state index in [2.05, 4.69) is 10.3 Å². The molecule has 1 aliphatic heterocycles. The fourth-order valence-corrected chi connectivity index (χ4v) is 4.22. The van der Waals surface area contributed by atoms with Crippen LogP contribution in [-0.2, 0) is 13.1 Å². The van der Waals surface area contributed by atoms with Gasteiger partial charge in [0.2, 0.25) is 0 Å². The van der Waals surface area contributed by atoms with Crippen molar-refractivity contribution in [2.75, 3.05) is 11.9 Å². The molecule has 3 heterocycles. The van der Waals surface area contributed by atoms with Gasteiger partial charge in [-0.15, -0.1) is 0 Å². The van der Waals surface area contributed by atoms with E-state index >= 15 is 0 Å². The molecule has 1 atom stereocenters. The van der Waals surface area contributed by atoms with Crippen LogP contribution in [0, 0.1) is 0 Å². The van der Waals surface area contributed by atoms with Gasteiger partial charge in [0.15, 0.2) is 0 Å². The molecular formula is C23H24Cl2N4O2. The zero-order valence-electron chi connectivity index (χ0n) is 17.3. The van der Waals surface area contributed by atoms with Crippen LogP contribution in [0.3, 0.4) is 0 Å². The lowest BCUT2D eigenvalue weighted by Gasteiger charge is -2.22. The zero-order valence-corrected chi connectivity index (χ0v) is 18.9. The molecule has 0 radical (unpaired) electrons. The number of nitrogens with zero attached hydrogens (tertiary/aromatic N) is 3. The van der Waals surface area contributed by atoms with Crippen LogP contribution in [0.2, 0.25) is 10.0 Å². The number of amides is 1. The van der Waals surface area contributed by atoms with E-state index in [0.717, 1.165) is 16.7 Å². The highest BCUT2D eigenvalue weighted by Gasteiger charge is 2.28. The Kier molecular flexibility index (Phi) is 6.23. The molecule has 4 rings (SSSR count). The fraction of sp³-hybridized carbons (Fsp3) is 0.304. The second kappa shape index (κ2) is 8.91. The highest BCUT2D eigenvalue weighted by molar-refractivity contribution is 6.33. The van der Waals surface area contributed by atoms with E-state index in [4.69, 9.17) is 23.2 Å². The Hall–Kier alpha value is -2.54. The van der Waals surface area contributed by atoms with Crippen molar-refractivity contribution in [1.29, 1.82) is 0 Å². The van der Waals surface area contributed by atoms with Crippen molar-refractivity contribution < 1.29 is 9.90 Å². The normalized spacial score (nSPS) is 16.4. The molecule has 2 aromatic heterocycles. The van der Waals surface area contributed by atoms with Gasteiger partial charge in [-0.1, -0.05) is 35.3 Å². The first kappa shape index (κ1) is 21.7. The standard InChI is InChI=1S/C23H24Cl2N4O2/c1-14(2)27-22-8-19(20(25)9-26-22)16-7-21-23(31)29(13-18(30)12-28(21)11-16)10-15-4-3-5-17(24)6-15/h3-9,11,14,18,30H,10,12-13H2,1-2H3,(H,26,27). The first-order valence-electron chi connectivity index (χ1n) is 10.1. The van der Waals surface area contributed by atoms with E-state index < -0.39 is 6.10 Å². The minimum absolute atomic E-state index is 0.145. The van der Waals surface area contributed by atoms with Gasteiger partial charge >= 0.3 is 0 Å². The van der Waals surface area contributed by atoms with Crippen LogP contribution in [0.5, 0.6) is 0 Å². The van der Waals surface area contributed by atoms with Gasteiger partial charge in [0.25, 0.3) is 5.91 Å². The molecule has 31 heavy (non-hydrogen) atoms. The molecule has 1 aromatic carbocycles. The lowest BCUT2D eigenvalue weighted by atomic mass is 10.1. The highest BCUT2D eigenvalue weighted by Crippen LogP contribution is 2.32. The molecule has 162 valence electrons. The number of pyridine rings is 1. The van der Waals surface area contributed by atoms with Gasteiger partial charge in [-0.2, -0.15) is 0 Å². The summed E-state index contributed by atoms with van der Waals surface area (Å²) in [7, 11) is 0. The Balaban J connectivity index is 1.67. The molecule has 0 aliphatic carbocycles. The first-order valence-corrected chi connectivity index (χ1v) is 10.9. The number of benzene rings is 1. The number of anilines is 1. The molecule has 0 spiro atoms. The van der Waals surface area contributed by atoms with E-state index in [1.807, 2.05) is 50.4 Å². The Bertz CT molecular complexity index is 1110. The number of aliphatic hydroxyl groups excluding tert-OH is 1. The van der Waals surface area contributed by atoms with E-state index in [9.17, 15) is 9.90 Å². The van der Waals surface area contributed by atoms with Gasteiger partial charge < -0.3 is 19.9 Å². The molecule has 2 N–H and O–H groups in total. The van der Waals surface area contributed by atoms with Crippen molar-refractivity contribution in [1.82, 2.24) is 14.5 Å². The van der Waals surface area contributed by atoms with E-state index in [0.29, 0.717) is 34.6 Å². The second-order valence-corrected chi connectivity index (χ2v) is 8.93. The summed E-state index contributed by atoms with van der Waals surface area (Å²) in [5.41, 5.74) is 3.01. The van der Waals surface area contributed by atoms with Gasteiger partial charge in [-0.3, -0.25) is 4.79 Å². The van der Waals surface area contributed by atoms with Crippen molar-refractivity contribution in [2.45, 2.75) is 39.1 Å². The van der Waals surface area contributed by atoms with Gasteiger partial charge in [0.05, 0.1) is 17.7 Å². The van der Waals surface area contributed by atoms with E-state index in [1.54, 1.807) is 21.7 Å². The summed E-state index contributed by atoms with van der Waals surface area (Å²) >= 11 is 12.5. The van der Waals surface area contributed by atoms with Gasteiger partial charge in [-0.05, 0) is 43.7 Å². The average Bonchev–Trinajstić information content (AvgIpc) is 3.07. The van der Waals surface area contributed by atoms with Gasteiger partial charge in [0, 0.05) is 47.7 Å². The molecule has 8 heteroatoms. The number of rotatable bonds is 5. The highest BCUT2D eigenvalue weighted by atomic mass is 35.5. The summed E-state index contributed by atoms with van der Waals surface area (Å²) in [6, 6.07) is 11.3. The maximum atomic E-state index is 13.3. The number of carbonyl (C=O) groups excluding carboxylic acids is 1. The lowest BCUT2D eigenvalue weighted by Crippen LogP contribution is -2.35. The van der Waals surface area contributed by atoms with Crippen LogP contribution in [0.4, 0.5) is 5.82 Å². The van der Waals surface area contributed by atoms with Crippen molar-refractivity contribution in [3.8, 4) is 11.1 Å². The molecule has 6 nitrogen and oxygen atoms in total. The van der Waals surface area contributed by atoms with Crippen molar-refractivity contribution >= 4 is 34.9 Å². The molecule has 1 amide bonds. The Labute approximate surface area is 191 Å². The number of β-amino-alcohol motifs (C(OH)–C–C–N with tert-alkyl or cyclic N) is 1. The summed E-state index contributed by atoms with van der Waals surface area (Å²) < 4.78 is 1.80. The number of fused-ring (bicyclic) bond motifs is 1. The number of hydrogen-bond acceptors (Lipinski definition) is 4. The van der Waals surface area contributed by atoms with Gasteiger partial charge in [-0.25, -0.2) is 4.98 Å². The van der Waals surface area contributed by atoms with E-state index in [1.165, 1.54) is 0 Å². The molecule has 0 bridgehead atoms. The second-order valence-electron chi connectivity index (χ2n) is 8.08. The third kappa shape index (κ3) is 4.87. The number of hydrogen-bond donors (Lipinski definition) is 2. The largest absolute Gasteiger partial charge is 0.389 e. The van der Waals surface area contributed by atoms with Crippen LogP contribution in [0.1, 0.15) is 29.9 Å². The number of halogens is 2. The molecule has 0 saturated heterocycles. The SMILES string of the molecule is CC(C)Nc1cc(-c2cc3n(c2)CC(O)CN(Cc2cccc(Cl)c2)C3=O)c(Cl)cn1. The first-order chi connectivity index (χ1) is 14.8. The third-order valence-electron chi connectivity index (χ3n) is 5.11. The molecule has 1 aliphatic rings. The molecule has 3 aromatic rings. The van der Waals surface area contributed by atoms with Crippen LogP contribution < -0.4 is 5.32 Å². The van der Waals surface area contributed by atoms with Crippen LogP contribution in [-0.4, -0.2) is 44.2 Å². The number of aromatic nitrogens is 2. The minimum Gasteiger partial charge on any atom is -0.389 e. The predicted molar refractivity (Wildman–Crippen MR) is 124 cm³/mol. The minimum atomic E-state index is -0.685. The third-order valence-corrected chi connectivity index (χ3v) is 5.64. The Morgan fingerprint density at radius 1 is 1.23 bits per heavy atom. The molecule has 1 unspecified atom stereocenters. The Morgan fingerprint density at radius 2 is 2.03 bits per heavy atom. The van der Waals surface area contributed by atoms with Crippen molar-refractivity contribution in [3.63, 3.8) is 0 Å². The maximum Gasteiger partial charge on any atom is 0.270 e. The Morgan fingerprint density at radius 3 is 2.77 bits per heavy atom. The molecular weight excluding hydrogens is 435 g/mol. The molecule has 0 saturated carbocycles. The maximum absolute atomic E-state index is 13.3. The number of aliphatic hydroxyl groups is 1. The lowest BCUT2D eigenvalue weighted by molar-refractivity contribution is 0.0630. The topological polar surface area (TPSA) is 70.4 Å². The quantitative estimate of drug-likeness (QED) is 0.581. The fourth-order valence-electron chi connectivity index (χ4n) is 3.80. The summed E-state index contributed by atoms with van der Waals surface area (Å²) in [5, 5.41) is 14.9. The summed E-state index contributed by atoms with van der Waals surface area (Å²) in [5.74, 6) is 0.568. The van der Waals surface area contributed by atoms with E-state index in [-0.39, 0.29) is 18.5 Å². The van der Waals surface area contributed by atoms with Gasteiger partial charge in [0.1, 0.15) is 11.5 Å². The molecule has 0 fully saturated rings. The zero-order chi connectivity index (χ0) is 22.1. The summed E-state index contributed by atoms with van der Waals surface area (Å²) in [6.07, 6.45) is 2.78. The monoisotopic (exact) mass is 458 g/mol. The van der Waals surface area contributed by atoms with Crippen molar-refractivity contribution in [2.24, 2.45) is 0 Å². The van der Waals surface area contributed by atoms with Crippen molar-refractivity contribution in [3.05, 3.63) is 70.1 Å². The van der Waals surface area contributed by atoms with Crippen LogP contribution in [0.25, 0.3) is 11.1 Å². The summed E-state index contributed by atoms with van der Waals surface area (Å²) in [4.78, 5) is 19.3. The van der Waals surface area contributed by atoms with Crippen LogP contribution in [0.15, 0.2) is 48.8 Å². The van der Waals surface area contributed by atoms with Crippen LogP contribution >= 0.6 is 23.2 Å². The predicted octanol–water partition coefficient (Wildman–Crippen LogP) is 4.69. The smallest absolute Gasteiger partial charge is 0.270 e.